The van der Waals surface area contributed by atoms with Gasteiger partial charge in [-0.1, -0.05) is 0 Å². The summed E-state index contributed by atoms with van der Waals surface area (Å²) in [5.74, 6) is -1.08. The molecule has 0 amide bonds. The second-order valence-electron chi connectivity index (χ2n) is 2.78. The zero-order chi connectivity index (χ0) is 10.8. The van der Waals surface area contributed by atoms with Crippen LogP contribution in [0.5, 0.6) is 0 Å². The van der Waals surface area contributed by atoms with Crippen LogP contribution in [0.4, 0.5) is 0 Å². The van der Waals surface area contributed by atoms with E-state index in [4.69, 9.17) is 19.4 Å². The van der Waals surface area contributed by atoms with E-state index < -0.39 is 5.97 Å². The Bertz CT molecular complexity index is 179. The molecular weight excluding hydrogens is 186 g/mol. The number of carbonyl (C=O) groups is 1. The van der Waals surface area contributed by atoms with Crippen LogP contribution in [0.2, 0.25) is 0 Å². The van der Waals surface area contributed by atoms with Crippen LogP contribution in [0.3, 0.4) is 0 Å². The lowest BCUT2D eigenvalue weighted by Crippen LogP contribution is -2.30. The molecule has 1 rings (SSSR count). The Morgan fingerprint density at radius 2 is 2.07 bits per heavy atom. The van der Waals surface area contributed by atoms with Gasteiger partial charge in [-0.15, -0.1) is 0 Å². The van der Waals surface area contributed by atoms with Crippen molar-refractivity contribution < 1.29 is 24.0 Å². The quantitative estimate of drug-likeness (QED) is 0.513. The molecule has 0 aliphatic carbocycles. The fraction of sp³-hybridized carbons (Fsp3) is 0.778. The summed E-state index contributed by atoms with van der Waals surface area (Å²) in [4.78, 5) is 8.89. The molecule has 0 saturated carbocycles. The van der Waals surface area contributed by atoms with Crippen LogP contribution in [0.15, 0.2) is 0 Å². The molecule has 1 fully saturated rings. The van der Waals surface area contributed by atoms with Crippen molar-refractivity contribution >= 4 is 12.2 Å². The van der Waals surface area contributed by atoms with Gasteiger partial charge in [0.05, 0.1) is 0 Å². The highest BCUT2D eigenvalue weighted by Crippen LogP contribution is 1.86. The second kappa shape index (κ2) is 8.65. The summed E-state index contributed by atoms with van der Waals surface area (Å²) in [6, 6.07) is 0. The normalized spacial score (nSPS) is 15.4. The van der Waals surface area contributed by atoms with Crippen LogP contribution in [0, 0.1) is 0 Å². The van der Waals surface area contributed by atoms with E-state index >= 15 is 0 Å². The van der Waals surface area contributed by atoms with Gasteiger partial charge in [-0.25, -0.2) is 4.58 Å². The van der Waals surface area contributed by atoms with Crippen molar-refractivity contribution in [2.75, 3.05) is 40.0 Å². The van der Waals surface area contributed by atoms with E-state index in [0.717, 1.165) is 33.2 Å². The Labute approximate surface area is 83.9 Å². The molecule has 0 unspecified atom stereocenters. The summed E-state index contributed by atoms with van der Waals surface area (Å²) in [7, 11) is 1.71. The molecule has 5 nitrogen and oxygen atoms in total. The van der Waals surface area contributed by atoms with Crippen LogP contribution < -0.4 is 5.11 Å². The molecule has 14 heavy (non-hydrogen) atoms. The lowest BCUT2D eigenvalue weighted by atomic mass is 10.5. The summed E-state index contributed by atoms with van der Waals surface area (Å²) < 4.78 is 12.3. The monoisotopic (exact) mass is 203 g/mol. The summed E-state index contributed by atoms with van der Waals surface area (Å²) in [6.07, 6.45) is 2.07. The summed E-state index contributed by atoms with van der Waals surface area (Å²) in [6.45, 7) is 5.38. The summed E-state index contributed by atoms with van der Waals surface area (Å²) >= 11 is 0. The number of methoxy groups -OCH3 is 1. The molecule has 1 aliphatic rings. The van der Waals surface area contributed by atoms with Gasteiger partial charge in [0.1, 0.15) is 19.8 Å². The lowest BCUT2D eigenvalue weighted by Gasteiger charge is -2.09. The number of hydrogen-bond acceptors (Lipinski definition) is 4. The lowest BCUT2D eigenvalue weighted by molar-refractivity contribution is -0.546. The van der Waals surface area contributed by atoms with Gasteiger partial charge < -0.3 is 19.4 Å². The standard InChI is InChI=1S/C7H14NO2.C2H4O2/c1-9-5-2-8-3-6-10-7-4-8;1-2(3)4/h2H,3-7H2,1H3;1H3,(H,3,4)/q+1;/p-1. The minimum absolute atomic E-state index is 0.708. The fourth-order valence-electron chi connectivity index (χ4n) is 0.940. The van der Waals surface area contributed by atoms with Crippen molar-refractivity contribution in [3.63, 3.8) is 0 Å². The van der Waals surface area contributed by atoms with E-state index in [0.29, 0.717) is 6.61 Å². The fourth-order valence-corrected chi connectivity index (χ4v) is 0.940. The number of morpholine rings is 1. The van der Waals surface area contributed by atoms with E-state index in [1.54, 1.807) is 7.11 Å². The topological polar surface area (TPSA) is 61.6 Å². The zero-order valence-electron chi connectivity index (χ0n) is 8.69. The zero-order valence-corrected chi connectivity index (χ0v) is 8.69. The maximum Gasteiger partial charge on any atom is 0.165 e. The molecule has 0 radical (unpaired) electrons. The van der Waals surface area contributed by atoms with Gasteiger partial charge in [-0.3, -0.25) is 0 Å². The van der Waals surface area contributed by atoms with Crippen LogP contribution in [0.1, 0.15) is 6.92 Å². The number of ether oxygens (including phenoxy) is 2. The number of aliphatic carboxylic acids is 1. The average molecular weight is 203 g/mol. The number of carboxylic acids is 1. The van der Waals surface area contributed by atoms with Gasteiger partial charge in [0.2, 0.25) is 0 Å². The first kappa shape index (κ1) is 13.1. The number of carboxylic acid groups (broad SMARTS) is 1. The minimum atomic E-state index is -1.08. The van der Waals surface area contributed by atoms with E-state index in [1.807, 2.05) is 0 Å². The SMILES string of the molecule is CC(=O)[O-].COCC=[N+]1CCOCC1. The van der Waals surface area contributed by atoms with Crippen LogP contribution in [-0.2, 0) is 14.3 Å². The van der Waals surface area contributed by atoms with Crippen molar-refractivity contribution in [2.45, 2.75) is 6.92 Å². The molecule has 0 bridgehead atoms. The highest BCUT2D eigenvalue weighted by Gasteiger charge is 2.08. The van der Waals surface area contributed by atoms with E-state index in [9.17, 15) is 0 Å². The average Bonchev–Trinajstić information content (AvgIpc) is 2.15. The Morgan fingerprint density at radius 3 is 2.50 bits per heavy atom. The first-order chi connectivity index (χ1) is 6.66. The number of carbonyl (C=O) groups excluding carboxylic acids is 1. The molecule has 1 heterocycles. The van der Waals surface area contributed by atoms with Gasteiger partial charge in [-0.05, 0) is 6.92 Å². The summed E-state index contributed by atoms with van der Waals surface area (Å²) in [5.41, 5.74) is 0. The smallest absolute Gasteiger partial charge is 0.165 e. The van der Waals surface area contributed by atoms with E-state index in [1.165, 1.54) is 0 Å². The van der Waals surface area contributed by atoms with Crippen LogP contribution in [0.25, 0.3) is 0 Å². The maximum atomic E-state index is 8.89. The molecule has 0 spiro atoms. The molecule has 1 saturated heterocycles. The Hall–Kier alpha value is -0.940. The molecular formula is C9H17NO4. The minimum Gasteiger partial charge on any atom is -0.550 e. The molecule has 0 N–H and O–H groups in total. The highest BCUT2D eigenvalue weighted by atomic mass is 16.5. The third kappa shape index (κ3) is 9.15. The third-order valence-electron chi connectivity index (χ3n) is 1.55. The molecule has 82 valence electrons. The van der Waals surface area contributed by atoms with Crippen LogP contribution >= 0.6 is 0 Å². The van der Waals surface area contributed by atoms with Crippen molar-refractivity contribution in [1.29, 1.82) is 0 Å². The Kier molecular flexibility index (Phi) is 8.07. The van der Waals surface area contributed by atoms with Gasteiger partial charge in [0, 0.05) is 13.1 Å². The molecule has 0 aromatic carbocycles. The largest absolute Gasteiger partial charge is 0.550 e. The van der Waals surface area contributed by atoms with Crippen molar-refractivity contribution in [1.82, 2.24) is 0 Å². The first-order valence-corrected chi connectivity index (χ1v) is 4.48. The van der Waals surface area contributed by atoms with E-state index in [-0.39, 0.29) is 0 Å². The number of rotatable bonds is 2. The highest BCUT2D eigenvalue weighted by molar-refractivity contribution is 5.60. The number of hydrogen-bond donors (Lipinski definition) is 0. The molecule has 5 heteroatoms. The first-order valence-electron chi connectivity index (χ1n) is 4.48. The van der Waals surface area contributed by atoms with Crippen molar-refractivity contribution in [3.8, 4) is 0 Å². The predicted octanol–water partition coefficient (Wildman–Crippen LogP) is -1.50. The van der Waals surface area contributed by atoms with E-state index in [2.05, 4.69) is 10.8 Å². The Balaban J connectivity index is 0.000000364. The summed E-state index contributed by atoms with van der Waals surface area (Å²) in [5, 5.41) is 8.89. The number of nitrogens with zero attached hydrogens (tertiary/aromatic N) is 1. The van der Waals surface area contributed by atoms with Gasteiger partial charge in [0.25, 0.3) is 0 Å². The maximum absolute atomic E-state index is 8.89. The third-order valence-corrected chi connectivity index (χ3v) is 1.55. The second-order valence-corrected chi connectivity index (χ2v) is 2.78. The predicted molar refractivity (Wildman–Crippen MR) is 49.4 cm³/mol. The van der Waals surface area contributed by atoms with Gasteiger partial charge >= 0.3 is 0 Å². The molecule has 0 atom stereocenters. The Morgan fingerprint density at radius 1 is 1.57 bits per heavy atom. The van der Waals surface area contributed by atoms with Crippen LogP contribution in [-0.4, -0.2) is 56.8 Å². The van der Waals surface area contributed by atoms with Crippen molar-refractivity contribution in [2.24, 2.45) is 0 Å². The molecule has 1 aliphatic heterocycles. The molecule has 0 aromatic rings. The molecule has 0 aromatic heterocycles. The van der Waals surface area contributed by atoms with Gasteiger partial charge in [0.15, 0.2) is 19.3 Å². The van der Waals surface area contributed by atoms with Crippen molar-refractivity contribution in [3.05, 3.63) is 0 Å². The van der Waals surface area contributed by atoms with Gasteiger partial charge in [-0.2, -0.15) is 0 Å².